The molecule has 4 aliphatic carbocycles. The first-order valence-electron chi connectivity index (χ1n) is 12.6. The van der Waals surface area contributed by atoms with Crippen molar-refractivity contribution in [2.24, 2.45) is 28.6 Å². The van der Waals surface area contributed by atoms with Crippen LogP contribution in [0.25, 0.3) is 0 Å². The van der Waals surface area contributed by atoms with Crippen molar-refractivity contribution in [1.29, 1.82) is 0 Å². The van der Waals surface area contributed by atoms with Crippen LogP contribution in [0, 0.1) is 35.5 Å². The van der Waals surface area contributed by atoms with Gasteiger partial charge in [0.15, 0.2) is 5.78 Å². The molecular weight excluding hydrogens is 446 g/mol. The molecule has 0 aliphatic heterocycles. The van der Waals surface area contributed by atoms with Gasteiger partial charge in [0.2, 0.25) is 16.2 Å². The molecule has 5 rings (SSSR count). The van der Waals surface area contributed by atoms with Gasteiger partial charge in [0.25, 0.3) is 0 Å². The second kappa shape index (κ2) is 8.18. The lowest BCUT2D eigenvalue weighted by molar-refractivity contribution is -0.117. The summed E-state index contributed by atoms with van der Waals surface area (Å²) in [5, 5.41) is 2.73. The standard InChI is InChI=1S/C28H35NO4S/c1-18-4-7-21(8-5-18)34(32,33)26(29-17-30)25-11-10-23-22-9-6-19-16-20(31)12-14-27(19,2)24(22)13-15-28(23,25)3/h4-5,7-8,16-17,22-24H,6,9-15H2,1-3H3,(H,29,30)/b26-25-/t22-,23-,24-,27-,28-/m0/s1. The molecule has 5 atom stereocenters. The maximum absolute atomic E-state index is 13.7. The first kappa shape index (κ1) is 23.5. The summed E-state index contributed by atoms with van der Waals surface area (Å²) in [6.07, 6.45) is 9.63. The van der Waals surface area contributed by atoms with Crippen LogP contribution in [0.5, 0.6) is 0 Å². The highest BCUT2D eigenvalue weighted by molar-refractivity contribution is 7.95. The maximum atomic E-state index is 13.7. The largest absolute Gasteiger partial charge is 0.319 e. The zero-order valence-electron chi connectivity index (χ0n) is 20.4. The lowest BCUT2D eigenvalue weighted by Crippen LogP contribution is -2.49. The smallest absolute Gasteiger partial charge is 0.221 e. The Hall–Kier alpha value is -2.21. The van der Waals surface area contributed by atoms with Gasteiger partial charge >= 0.3 is 0 Å². The van der Waals surface area contributed by atoms with Crippen molar-refractivity contribution in [2.75, 3.05) is 0 Å². The summed E-state index contributed by atoms with van der Waals surface area (Å²) in [6, 6.07) is 6.85. The number of carbonyl (C=O) groups excluding carboxylic acids is 2. The van der Waals surface area contributed by atoms with Gasteiger partial charge in [-0.05, 0) is 104 Å². The van der Waals surface area contributed by atoms with Crippen LogP contribution in [0.15, 0.2) is 51.4 Å². The molecule has 6 heteroatoms. The van der Waals surface area contributed by atoms with Gasteiger partial charge in [-0.25, -0.2) is 8.42 Å². The third-order valence-corrected chi connectivity index (χ3v) is 11.6. The molecule has 0 radical (unpaired) electrons. The van der Waals surface area contributed by atoms with Crippen molar-refractivity contribution >= 4 is 22.0 Å². The molecule has 0 bridgehead atoms. The third kappa shape index (κ3) is 3.43. The monoisotopic (exact) mass is 481 g/mol. The van der Waals surface area contributed by atoms with Crippen LogP contribution in [0.4, 0.5) is 0 Å². The molecule has 182 valence electrons. The van der Waals surface area contributed by atoms with E-state index in [1.54, 1.807) is 24.3 Å². The van der Waals surface area contributed by atoms with Crippen molar-refractivity contribution < 1.29 is 18.0 Å². The minimum atomic E-state index is -3.83. The summed E-state index contributed by atoms with van der Waals surface area (Å²) in [7, 11) is -3.83. The van der Waals surface area contributed by atoms with Gasteiger partial charge in [0.1, 0.15) is 5.03 Å². The molecule has 34 heavy (non-hydrogen) atoms. The number of allylic oxidation sites excluding steroid dienone is 2. The van der Waals surface area contributed by atoms with Crippen molar-refractivity contribution in [1.82, 2.24) is 5.32 Å². The molecule has 3 fully saturated rings. The van der Waals surface area contributed by atoms with Crippen molar-refractivity contribution in [2.45, 2.75) is 77.0 Å². The van der Waals surface area contributed by atoms with E-state index >= 15 is 0 Å². The van der Waals surface area contributed by atoms with E-state index in [2.05, 4.69) is 19.2 Å². The summed E-state index contributed by atoms with van der Waals surface area (Å²) in [6.45, 7) is 6.51. The van der Waals surface area contributed by atoms with E-state index < -0.39 is 9.84 Å². The summed E-state index contributed by atoms with van der Waals surface area (Å²) >= 11 is 0. The molecule has 5 nitrogen and oxygen atoms in total. The van der Waals surface area contributed by atoms with E-state index in [4.69, 9.17) is 0 Å². The fourth-order valence-electron chi connectivity index (χ4n) is 7.96. The first-order valence-corrected chi connectivity index (χ1v) is 14.1. The fourth-order valence-corrected chi connectivity index (χ4v) is 9.55. The zero-order chi connectivity index (χ0) is 24.3. The van der Waals surface area contributed by atoms with Crippen molar-refractivity contribution in [3.05, 3.63) is 52.1 Å². The van der Waals surface area contributed by atoms with E-state index in [9.17, 15) is 18.0 Å². The third-order valence-electron chi connectivity index (χ3n) is 9.81. The number of rotatable bonds is 4. The number of hydrogen-bond donors (Lipinski definition) is 1. The molecule has 4 aliphatic rings. The summed E-state index contributed by atoms with van der Waals surface area (Å²) in [5.41, 5.74) is 3.07. The van der Waals surface area contributed by atoms with Gasteiger partial charge in [-0.2, -0.15) is 0 Å². The molecule has 1 aromatic rings. The number of benzene rings is 1. The van der Waals surface area contributed by atoms with Crippen LogP contribution < -0.4 is 5.32 Å². The molecule has 3 saturated carbocycles. The first-order chi connectivity index (χ1) is 16.1. The Morgan fingerprint density at radius 3 is 2.38 bits per heavy atom. The minimum Gasteiger partial charge on any atom is -0.319 e. The molecule has 1 amide bonds. The second-order valence-corrected chi connectivity index (χ2v) is 13.2. The molecule has 0 spiro atoms. The van der Waals surface area contributed by atoms with Crippen LogP contribution in [-0.2, 0) is 19.4 Å². The predicted octanol–water partition coefficient (Wildman–Crippen LogP) is 5.26. The van der Waals surface area contributed by atoms with Crippen LogP contribution in [0.2, 0.25) is 0 Å². The van der Waals surface area contributed by atoms with E-state index in [0.717, 1.165) is 49.7 Å². The zero-order valence-corrected chi connectivity index (χ0v) is 21.2. The highest BCUT2D eigenvalue weighted by atomic mass is 32.2. The van der Waals surface area contributed by atoms with Crippen LogP contribution >= 0.6 is 0 Å². The average molecular weight is 482 g/mol. The van der Waals surface area contributed by atoms with E-state index in [1.165, 1.54) is 5.57 Å². The lowest BCUT2D eigenvalue weighted by atomic mass is 9.47. The number of hydrogen-bond acceptors (Lipinski definition) is 4. The molecular formula is C28H35NO4S. The Balaban J connectivity index is 1.54. The molecule has 0 unspecified atom stereocenters. The molecule has 0 aromatic heterocycles. The number of sulfone groups is 1. The SMILES string of the molecule is Cc1ccc(S(=O)(=O)/C(NC=O)=C2/CC[C@H]3[C@@H]4CCC5=CC(=O)CC[C@]5(C)[C@H]4CC[C@]23C)cc1. The van der Waals surface area contributed by atoms with Crippen molar-refractivity contribution in [3.8, 4) is 0 Å². The number of aryl methyl sites for hydroxylation is 1. The lowest BCUT2D eigenvalue weighted by Gasteiger charge is -2.57. The van der Waals surface area contributed by atoms with E-state index in [0.29, 0.717) is 37.0 Å². The minimum absolute atomic E-state index is 0.0858. The fraction of sp³-hybridized carbons (Fsp3) is 0.571. The average Bonchev–Trinajstić information content (AvgIpc) is 3.15. The van der Waals surface area contributed by atoms with Gasteiger partial charge < -0.3 is 5.32 Å². The molecule has 1 N–H and O–H groups in total. The Bertz CT molecular complexity index is 1200. The Labute approximate surface area is 203 Å². The van der Waals surface area contributed by atoms with Crippen LogP contribution in [0.3, 0.4) is 0 Å². The number of fused-ring (bicyclic) bond motifs is 5. The van der Waals surface area contributed by atoms with E-state index in [-0.39, 0.29) is 26.5 Å². The summed E-state index contributed by atoms with van der Waals surface area (Å²) < 4.78 is 27.3. The Morgan fingerprint density at radius 2 is 1.68 bits per heavy atom. The Morgan fingerprint density at radius 1 is 0.971 bits per heavy atom. The highest BCUT2D eigenvalue weighted by Gasteiger charge is 2.58. The number of carbonyl (C=O) groups is 2. The number of amides is 1. The summed E-state index contributed by atoms with van der Waals surface area (Å²) in [4.78, 5) is 23.9. The van der Waals surface area contributed by atoms with Gasteiger partial charge in [0.05, 0.1) is 4.90 Å². The second-order valence-electron chi connectivity index (χ2n) is 11.4. The topological polar surface area (TPSA) is 80.3 Å². The number of nitrogens with one attached hydrogen (secondary N) is 1. The summed E-state index contributed by atoms with van der Waals surface area (Å²) in [5.74, 6) is 1.72. The molecule has 0 saturated heterocycles. The van der Waals surface area contributed by atoms with Gasteiger partial charge in [-0.3, -0.25) is 9.59 Å². The van der Waals surface area contributed by atoms with Crippen LogP contribution in [0.1, 0.15) is 70.8 Å². The van der Waals surface area contributed by atoms with Gasteiger partial charge in [-0.1, -0.05) is 37.1 Å². The van der Waals surface area contributed by atoms with Gasteiger partial charge in [0, 0.05) is 6.42 Å². The predicted molar refractivity (Wildman–Crippen MR) is 131 cm³/mol. The Kier molecular flexibility index (Phi) is 5.66. The number of ketones is 1. The molecule has 1 aromatic carbocycles. The highest BCUT2D eigenvalue weighted by Crippen LogP contribution is 2.67. The maximum Gasteiger partial charge on any atom is 0.221 e. The van der Waals surface area contributed by atoms with Crippen LogP contribution in [-0.4, -0.2) is 20.6 Å². The van der Waals surface area contributed by atoms with E-state index in [1.807, 2.05) is 13.0 Å². The van der Waals surface area contributed by atoms with Crippen molar-refractivity contribution in [3.63, 3.8) is 0 Å². The normalized spacial score (nSPS) is 36.6. The van der Waals surface area contributed by atoms with Gasteiger partial charge in [-0.15, -0.1) is 0 Å². The quantitative estimate of drug-likeness (QED) is 0.595. The molecule has 0 heterocycles.